The fraction of sp³-hybridized carbons (Fsp3) is 0.111. The minimum absolute atomic E-state index is 1.32. The average molecular weight is 329 g/mol. The van der Waals surface area contributed by atoms with Gasteiger partial charge in [-0.2, -0.15) is 0 Å². The van der Waals surface area contributed by atoms with E-state index in [2.05, 4.69) is 66.9 Å². The number of allylic oxidation sites excluding steroid dienone is 4. The molecule has 0 atom stereocenters. The van der Waals surface area contributed by atoms with Gasteiger partial charge in [0.1, 0.15) is 0 Å². The normalized spacial score (nSPS) is 12.4. The zero-order chi connectivity index (χ0) is 14.7. The Balaban J connectivity index is 1.87. The Morgan fingerprint density at radius 2 is 1.62 bits per heavy atom. The smallest absolute Gasteiger partial charge is 0.0449 e. The van der Waals surface area contributed by atoms with Gasteiger partial charge < -0.3 is 0 Å². The van der Waals surface area contributed by atoms with Crippen LogP contribution in [-0.2, 0) is 0 Å². The summed E-state index contributed by atoms with van der Waals surface area (Å²) >= 11 is 5.54. The highest BCUT2D eigenvalue weighted by atomic mass is 32.1. The molecule has 106 valence electrons. The van der Waals surface area contributed by atoms with Crippen molar-refractivity contribution in [1.82, 2.24) is 0 Å². The fourth-order valence-electron chi connectivity index (χ4n) is 2.03. The summed E-state index contributed by atoms with van der Waals surface area (Å²) < 4.78 is 0. The summed E-state index contributed by atoms with van der Waals surface area (Å²) in [7, 11) is 0. The first-order chi connectivity index (χ1) is 10.3. The van der Waals surface area contributed by atoms with Crippen LogP contribution in [0.5, 0.6) is 0 Å². The van der Waals surface area contributed by atoms with E-state index in [1.54, 1.807) is 11.3 Å². The predicted molar refractivity (Wildman–Crippen MR) is 99.4 cm³/mol. The first-order valence-corrected chi connectivity index (χ1v) is 9.33. The van der Waals surface area contributed by atoms with Crippen molar-refractivity contribution in [3.8, 4) is 19.5 Å². The average Bonchev–Trinajstić information content (AvgIpc) is 3.24. The van der Waals surface area contributed by atoms with Gasteiger partial charge in [0.2, 0.25) is 0 Å². The van der Waals surface area contributed by atoms with Crippen molar-refractivity contribution >= 4 is 39.6 Å². The maximum absolute atomic E-state index is 2.24. The van der Waals surface area contributed by atoms with E-state index < -0.39 is 0 Å². The van der Waals surface area contributed by atoms with Gasteiger partial charge in [-0.05, 0) is 55.1 Å². The van der Waals surface area contributed by atoms with Crippen molar-refractivity contribution in [1.29, 1.82) is 0 Å². The maximum atomic E-state index is 2.24. The van der Waals surface area contributed by atoms with E-state index in [0.29, 0.717) is 0 Å². The Morgan fingerprint density at radius 3 is 2.33 bits per heavy atom. The van der Waals surface area contributed by atoms with Crippen LogP contribution in [0.1, 0.15) is 18.7 Å². The van der Waals surface area contributed by atoms with Crippen molar-refractivity contribution in [2.45, 2.75) is 13.8 Å². The fourth-order valence-corrected chi connectivity index (χ4v) is 4.94. The summed E-state index contributed by atoms with van der Waals surface area (Å²) in [5.74, 6) is 0. The van der Waals surface area contributed by atoms with Crippen LogP contribution in [0.2, 0.25) is 0 Å². The van der Waals surface area contributed by atoms with E-state index in [1.807, 2.05) is 29.6 Å². The number of hydrogen-bond acceptors (Lipinski definition) is 3. The number of rotatable bonds is 4. The molecule has 0 nitrogen and oxygen atoms in total. The second-order valence-corrected chi connectivity index (χ2v) is 7.80. The third-order valence-electron chi connectivity index (χ3n) is 3.15. The van der Waals surface area contributed by atoms with Gasteiger partial charge in [0.25, 0.3) is 0 Å². The second-order valence-electron chi connectivity index (χ2n) is 4.68. The summed E-state index contributed by atoms with van der Waals surface area (Å²) in [6, 6.07) is 13.2. The van der Waals surface area contributed by atoms with Crippen molar-refractivity contribution in [2.24, 2.45) is 0 Å². The van der Waals surface area contributed by atoms with Crippen LogP contribution >= 0.6 is 34.0 Å². The Morgan fingerprint density at radius 1 is 0.905 bits per heavy atom. The van der Waals surface area contributed by atoms with Gasteiger partial charge in [-0.3, -0.25) is 0 Å². The van der Waals surface area contributed by atoms with Gasteiger partial charge >= 0.3 is 0 Å². The lowest BCUT2D eigenvalue weighted by molar-refractivity contribution is 1.68. The summed E-state index contributed by atoms with van der Waals surface area (Å²) in [6.07, 6.45) is 6.32. The Bertz CT molecular complexity index is 767. The molecule has 0 saturated heterocycles. The Kier molecular flexibility index (Phi) is 4.54. The van der Waals surface area contributed by atoms with E-state index in [0.717, 1.165) is 0 Å². The third-order valence-corrected chi connectivity index (χ3v) is 6.71. The quantitative estimate of drug-likeness (QED) is 0.445. The molecule has 3 heterocycles. The number of hydrogen-bond donors (Lipinski definition) is 0. The van der Waals surface area contributed by atoms with Gasteiger partial charge in [0.15, 0.2) is 0 Å². The predicted octanol–water partition coefficient (Wildman–Crippen LogP) is 7.18. The summed E-state index contributed by atoms with van der Waals surface area (Å²) in [6.45, 7) is 4.21. The first kappa shape index (κ1) is 14.5. The lowest BCUT2D eigenvalue weighted by atomic mass is 10.2. The molecule has 0 amide bonds. The standard InChI is InChI=1S/C18H16S3/c1-3-4-6-13(2)14-8-9-17(20-14)18-11-10-16(21-18)15-7-5-12-19-15/h3-12H,1-2H3/b4-3-,13-6+. The van der Waals surface area contributed by atoms with Crippen LogP contribution < -0.4 is 0 Å². The lowest BCUT2D eigenvalue weighted by Gasteiger charge is -1.94. The van der Waals surface area contributed by atoms with Gasteiger partial charge in [-0.15, -0.1) is 34.0 Å². The summed E-state index contributed by atoms with van der Waals surface area (Å²) in [4.78, 5) is 6.76. The van der Waals surface area contributed by atoms with Crippen molar-refractivity contribution in [3.63, 3.8) is 0 Å². The molecule has 0 saturated carbocycles. The SMILES string of the molecule is C/C=C\C=C(/C)c1ccc(-c2ccc(-c3cccs3)s2)s1. The second kappa shape index (κ2) is 6.56. The Labute approximate surface area is 137 Å². The molecular formula is C18H16S3. The third kappa shape index (κ3) is 3.26. The van der Waals surface area contributed by atoms with Crippen LogP contribution in [0.3, 0.4) is 0 Å². The zero-order valence-corrected chi connectivity index (χ0v) is 14.4. The van der Waals surface area contributed by atoms with Crippen LogP contribution in [0.15, 0.2) is 60.0 Å². The molecule has 0 radical (unpaired) electrons. The van der Waals surface area contributed by atoms with Crippen LogP contribution in [-0.4, -0.2) is 0 Å². The molecule has 0 unspecified atom stereocenters. The lowest BCUT2D eigenvalue weighted by Crippen LogP contribution is -1.68. The highest BCUT2D eigenvalue weighted by molar-refractivity contribution is 7.26. The molecule has 3 heteroatoms. The molecule has 0 aliphatic rings. The first-order valence-electron chi connectivity index (χ1n) is 6.82. The van der Waals surface area contributed by atoms with Gasteiger partial charge in [-0.25, -0.2) is 0 Å². The summed E-state index contributed by atoms with van der Waals surface area (Å²) in [5, 5.41) is 2.13. The van der Waals surface area contributed by atoms with Gasteiger partial charge in [-0.1, -0.05) is 24.3 Å². The Hall–Kier alpha value is -1.42. The zero-order valence-electron chi connectivity index (χ0n) is 12.0. The summed E-state index contributed by atoms with van der Waals surface area (Å²) in [5.41, 5.74) is 1.32. The molecule has 0 fully saturated rings. The minimum atomic E-state index is 1.32. The van der Waals surface area contributed by atoms with Crippen molar-refractivity contribution in [2.75, 3.05) is 0 Å². The van der Waals surface area contributed by atoms with E-state index in [4.69, 9.17) is 0 Å². The van der Waals surface area contributed by atoms with Crippen LogP contribution in [0.4, 0.5) is 0 Å². The molecule has 0 aliphatic carbocycles. The van der Waals surface area contributed by atoms with Gasteiger partial charge in [0, 0.05) is 24.4 Å². The van der Waals surface area contributed by atoms with Gasteiger partial charge in [0.05, 0.1) is 0 Å². The highest BCUT2D eigenvalue weighted by Gasteiger charge is 2.08. The van der Waals surface area contributed by atoms with Crippen LogP contribution in [0, 0.1) is 0 Å². The van der Waals surface area contributed by atoms with Crippen LogP contribution in [0.25, 0.3) is 25.1 Å². The van der Waals surface area contributed by atoms with Crippen molar-refractivity contribution in [3.05, 3.63) is 64.9 Å². The highest BCUT2D eigenvalue weighted by Crippen LogP contribution is 2.40. The van der Waals surface area contributed by atoms with Crippen molar-refractivity contribution < 1.29 is 0 Å². The molecule has 0 N–H and O–H groups in total. The molecule has 3 aromatic heterocycles. The molecule has 0 aromatic carbocycles. The molecule has 3 aromatic rings. The molecule has 0 aliphatic heterocycles. The monoisotopic (exact) mass is 328 g/mol. The molecule has 3 rings (SSSR count). The minimum Gasteiger partial charge on any atom is -0.143 e. The van der Waals surface area contributed by atoms with E-state index in [1.165, 1.54) is 30.0 Å². The largest absolute Gasteiger partial charge is 0.143 e. The topological polar surface area (TPSA) is 0 Å². The maximum Gasteiger partial charge on any atom is 0.0449 e. The van der Waals surface area contributed by atoms with E-state index in [-0.39, 0.29) is 0 Å². The molecule has 0 bridgehead atoms. The number of thiophene rings is 3. The molecular weight excluding hydrogens is 312 g/mol. The molecule has 21 heavy (non-hydrogen) atoms. The molecule has 0 spiro atoms. The van der Waals surface area contributed by atoms with E-state index in [9.17, 15) is 0 Å². The van der Waals surface area contributed by atoms with E-state index >= 15 is 0 Å².